The molecule has 0 saturated carbocycles. The Kier molecular flexibility index (Phi) is 7.28. The van der Waals surface area contributed by atoms with Crippen LogP contribution in [0, 0.1) is 0 Å². The second-order valence-corrected chi connectivity index (χ2v) is 9.00. The number of nitrogens with zero attached hydrogens (tertiary/aromatic N) is 4. The number of ether oxygens (including phenoxy) is 1. The van der Waals surface area contributed by atoms with Crippen LogP contribution in [0.1, 0.15) is 16.7 Å². The minimum atomic E-state index is 0.157. The molecule has 1 aliphatic heterocycles. The summed E-state index contributed by atoms with van der Waals surface area (Å²) in [5.41, 5.74) is 5.76. The highest BCUT2D eigenvalue weighted by atomic mass is 16.5. The molecule has 7 heteroatoms. The quantitative estimate of drug-likeness (QED) is 0.391. The first-order valence-corrected chi connectivity index (χ1v) is 12.2. The zero-order chi connectivity index (χ0) is 24.7. The Morgan fingerprint density at radius 1 is 0.972 bits per heavy atom. The van der Waals surface area contributed by atoms with Crippen LogP contribution in [-0.4, -0.2) is 47.1 Å². The molecule has 0 radical (unpaired) electrons. The molecule has 3 aromatic carbocycles. The molecule has 1 fully saturated rings. The van der Waals surface area contributed by atoms with Gasteiger partial charge in [0, 0.05) is 56.5 Å². The standard InChI is InChI=1S/C29H31N5O2/c1-36-28-4-2-3-25(17-28)21-34(20-24-5-9-26(10-6-24)33-16-14-31-22-33)27-11-7-23(8-12-27)19-32-15-13-30-18-29(32)35/h2-12,14,16-17,22,30H,13,15,18-21H2,1H3. The fourth-order valence-corrected chi connectivity index (χ4v) is 4.48. The first-order valence-electron chi connectivity index (χ1n) is 12.2. The van der Waals surface area contributed by atoms with E-state index in [2.05, 4.69) is 75.9 Å². The zero-order valence-corrected chi connectivity index (χ0v) is 20.5. The molecule has 184 valence electrons. The van der Waals surface area contributed by atoms with Crippen molar-refractivity contribution in [3.05, 3.63) is 108 Å². The SMILES string of the molecule is COc1cccc(CN(Cc2ccc(-n3ccnc3)cc2)c2ccc(CN3CCNCC3=O)cc2)c1. The molecule has 2 heterocycles. The highest BCUT2D eigenvalue weighted by molar-refractivity contribution is 5.79. The number of nitrogens with one attached hydrogen (secondary N) is 1. The van der Waals surface area contributed by atoms with Gasteiger partial charge in [-0.25, -0.2) is 4.98 Å². The molecule has 1 aliphatic rings. The maximum atomic E-state index is 12.2. The molecule has 0 aliphatic carbocycles. The Bertz CT molecular complexity index is 1270. The second kappa shape index (κ2) is 11.1. The van der Waals surface area contributed by atoms with E-state index in [1.165, 1.54) is 11.1 Å². The number of carbonyl (C=O) groups is 1. The topological polar surface area (TPSA) is 62.6 Å². The van der Waals surface area contributed by atoms with Crippen molar-refractivity contribution in [3.63, 3.8) is 0 Å². The average molecular weight is 482 g/mol. The van der Waals surface area contributed by atoms with E-state index in [9.17, 15) is 4.79 Å². The van der Waals surface area contributed by atoms with Gasteiger partial charge in [-0.1, -0.05) is 36.4 Å². The van der Waals surface area contributed by atoms with Crippen LogP contribution >= 0.6 is 0 Å². The molecule has 1 saturated heterocycles. The first kappa shape index (κ1) is 23.6. The van der Waals surface area contributed by atoms with Crippen molar-refractivity contribution in [2.45, 2.75) is 19.6 Å². The molecule has 0 unspecified atom stereocenters. The highest BCUT2D eigenvalue weighted by Gasteiger charge is 2.18. The molecule has 5 rings (SSSR count). The smallest absolute Gasteiger partial charge is 0.236 e. The third kappa shape index (κ3) is 5.75. The van der Waals surface area contributed by atoms with E-state index in [4.69, 9.17) is 4.74 Å². The van der Waals surface area contributed by atoms with E-state index >= 15 is 0 Å². The van der Waals surface area contributed by atoms with Gasteiger partial charge in [-0.15, -0.1) is 0 Å². The third-order valence-corrected chi connectivity index (χ3v) is 6.48. The number of piperazine rings is 1. The van der Waals surface area contributed by atoms with E-state index in [0.29, 0.717) is 13.1 Å². The zero-order valence-electron chi connectivity index (χ0n) is 20.5. The van der Waals surface area contributed by atoms with Crippen LogP contribution in [0.5, 0.6) is 5.75 Å². The Labute approximate surface area is 211 Å². The number of hydrogen-bond acceptors (Lipinski definition) is 5. The number of methoxy groups -OCH3 is 1. The molecule has 0 atom stereocenters. The number of imidazole rings is 1. The first-order chi connectivity index (χ1) is 17.7. The minimum absolute atomic E-state index is 0.157. The van der Waals surface area contributed by atoms with Gasteiger partial charge in [0.05, 0.1) is 20.0 Å². The molecular formula is C29H31N5O2. The van der Waals surface area contributed by atoms with Gasteiger partial charge in [-0.05, 0) is 53.1 Å². The monoisotopic (exact) mass is 481 g/mol. The number of amides is 1. The predicted molar refractivity (Wildman–Crippen MR) is 141 cm³/mol. The molecule has 1 amide bonds. The number of carbonyl (C=O) groups excluding carboxylic acids is 1. The summed E-state index contributed by atoms with van der Waals surface area (Å²) in [6.45, 7) is 4.17. The Morgan fingerprint density at radius 2 is 1.75 bits per heavy atom. The van der Waals surface area contributed by atoms with Crippen molar-refractivity contribution in [2.75, 3.05) is 31.6 Å². The van der Waals surface area contributed by atoms with E-state index in [1.54, 1.807) is 19.6 Å². The Morgan fingerprint density at radius 3 is 2.47 bits per heavy atom. The van der Waals surface area contributed by atoms with Gasteiger partial charge in [0.15, 0.2) is 0 Å². The van der Waals surface area contributed by atoms with Gasteiger partial charge in [0.25, 0.3) is 0 Å². The summed E-state index contributed by atoms with van der Waals surface area (Å²) < 4.78 is 7.44. The summed E-state index contributed by atoms with van der Waals surface area (Å²) in [5.74, 6) is 1.01. The second-order valence-electron chi connectivity index (χ2n) is 9.00. The summed E-state index contributed by atoms with van der Waals surface area (Å²) >= 11 is 0. The highest BCUT2D eigenvalue weighted by Crippen LogP contribution is 2.24. The maximum absolute atomic E-state index is 12.2. The van der Waals surface area contributed by atoms with Gasteiger partial charge >= 0.3 is 0 Å². The summed E-state index contributed by atoms with van der Waals surface area (Å²) in [6, 6.07) is 25.3. The average Bonchev–Trinajstić information content (AvgIpc) is 3.46. The van der Waals surface area contributed by atoms with Crippen molar-refractivity contribution < 1.29 is 9.53 Å². The minimum Gasteiger partial charge on any atom is -0.497 e. The van der Waals surface area contributed by atoms with Crippen molar-refractivity contribution >= 4 is 11.6 Å². The van der Waals surface area contributed by atoms with Crippen LogP contribution in [0.15, 0.2) is 91.5 Å². The van der Waals surface area contributed by atoms with Crippen LogP contribution in [0.2, 0.25) is 0 Å². The van der Waals surface area contributed by atoms with Crippen LogP contribution in [0.3, 0.4) is 0 Å². The van der Waals surface area contributed by atoms with Crippen LogP contribution in [0.25, 0.3) is 5.69 Å². The van der Waals surface area contributed by atoms with Crippen molar-refractivity contribution in [1.82, 2.24) is 19.8 Å². The lowest BCUT2D eigenvalue weighted by Gasteiger charge is -2.28. The molecule has 1 aromatic heterocycles. The van der Waals surface area contributed by atoms with E-state index in [-0.39, 0.29) is 5.91 Å². The van der Waals surface area contributed by atoms with Crippen LogP contribution in [-0.2, 0) is 24.4 Å². The lowest BCUT2D eigenvalue weighted by atomic mass is 10.1. The third-order valence-electron chi connectivity index (χ3n) is 6.48. The lowest BCUT2D eigenvalue weighted by molar-refractivity contribution is -0.132. The Balaban J connectivity index is 1.36. The van der Waals surface area contributed by atoms with E-state index in [0.717, 1.165) is 48.9 Å². The van der Waals surface area contributed by atoms with Gasteiger partial charge in [-0.3, -0.25) is 4.79 Å². The van der Waals surface area contributed by atoms with Gasteiger partial charge in [0.2, 0.25) is 5.91 Å². The fourth-order valence-electron chi connectivity index (χ4n) is 4.48. The van der Waals surface area contributed by atoms with Crippen LogP contribution in [0.4, 0.5) is 5.69 Å². The van der Waals surface area contributed by atoms with E-state index in [1.807, 2.05) is 27.8 Å². The number of benzene rings is 3. The van der Waals surface area contributed by atoms with Crippen molar-refractivity contribution in [1.29, 1.82) is 0 Å². The number of aromatic nitrogens is 2. The lowest BCUT2D eigenvalue weighted by Crippen LogP contribution is -2.47. The normalized spacial score (nSPS) is 13.6. The number of rotatable bonds is 9. The van der Waals surface area contributed by atoms with Crippen LogP contribution < -0.4 is 15.0 Å². The molecular weight excluding hydrogens is 450 g/mol. The van der Waals surface area contributed by atoms with E-state index < -0.39 is 0 Å². The molecule has 1 N–H and O–H groups in total. The molecule has 4 aromatic rings. The largest absolute Gasteiger partial charge is 0.497 e. The summed E-state index contributed by atoms with van der Waals surface area (Å²) in [4.78, 5) is 20.6. The fraction of sp³-hybridized carbons (Fsp3) is 0.241. The summed E-state index contributed by atoms with van der Waals surface area (Å²) in [5, 5.41) is 3.13. The van der Waals surface area contributed by atoms with Gasteiger partial charge in [-0.2, -0.15) is 0 Å². The number of anilines is 1. The number of hydrogen-bond donors (Lipinski definition) is 1. The van der Waals surface area contributed by atoms with Gasteiger partial charge < -0.3 is 24.4 Å². The molecule has 7 nitrogen and oxygen atoms in total. The molecule has 0 spiro atoms. The summed E-state index contributed by atoms with van der Waals surface area (Å²) in [7, 11) is 1.70. The Hall–Kier alpha value is -4.10. The maximum Gasteiger partial charge on any atom is 0.236 e. The molecule has 0 bridgehead atoms. The van der Waals surface area contributed by atoms with Crippen molar-refractivity contribution in [3.8, 4) is 11.4 Å². The summed E-state index contributed by atoms with van der Waals surface area (Å²) in [6.07, 6.45) is 5.53. The predicted octanol–water partition coefficient (Wildman–Crippen LogP) is 4.02. The van der Waals surface area contributed by atoms with Gasteiger partial charge in [0.1, 0.15) is 5.75 Å². The van der Waals surface area contributed by atoms with Crippen molar-refractivity contribution in [2.24, 2.45) is 0 Å². The molecule has 36 heavy (non-hydrogen) atoms.